The van der Waals surface area contributed by atoms with Crippen LogP contribution in [0, 0.1) is 5.92 Å². The summed E-state index contributed by atoms with van der Waals surface area (Å²) >= 11 is 0. The monoisotopic (exact) mass is 374 g/mol. The Morgan fingerprint density at radius 3 is 2.64 bits per heavy atom. The van der Waals surface area contributed by atoms with Crippen molar-refractivity contribution in [2.45, 2.75) is 31.1 Å². The fourth-order valence-electron chi connectivity index (χ4n) is 3.98. The second kappa shape index (κ2) is 7.19. The van der Waals surface area contributed by atoms with Gasteiger partial charge >= 0.3 is 0 Å². The van der Waals surface area contributed by atoms with Crippen molar-refractivity contribution in [3.05, 3.63) is 66.3 Å². The number of nitrogens with zero attached hydrogens (tertiary/aromatic N) is 4. The van der Waals surface area contributed by atoms with Gasteiger partial charge in [0.05, 0.1) is 5.92 Å². The molecule has 1 amide bonds. The number of hydrogen-bond acceptors (Lipinski definition) is 5. The largest absolute Gasteiger partial charge is 0.341 e. The van der Waals surface area contributed by atoms with E-state index < -0.39 is 0 Å². The minimum absolute atomic E-state index is 0.0164. The lowest BCUT2D eigenvalue weighted by Crippen LogP contribution is -2.29. The van der Waals surface area contributed by atoms with Crippen molar-refractivity contribution in [1.82, 2.24) is 20.0 Å². The van der Waals surface area contributed by atoms with E-state index in [1.807, 2.05) is 47.5 Å². The van der Waals surface area contributed by atoms with Crippen molar-refractivity contribution in [2.24, 2.45) is 5.92 Å². The summed E-state index contributed by atoms with van der Waals surface area (Å²) in [5.74, 6) is 2.09. The molecule has 6 nitrogen and oxygen atoms in total. The van der Waals surface area contributed by atoms with E-state index in [-0.39, 0.29) is 17.7 Å². The van der Waals surface area contributed by atoms with Gasteiger partial charge in [-0.1, -0.05) is 41.6 Å². The second-order valence-electron chi connectivity index (χ2n) is 7.77. The lowest BCUT2D eigenvalue weighted by Gasteiger charge is -2.16. The zero-order valence-corrected chi connectivity index (χ0v) is 15.6. The third-order valence-electron chi connectivity index (χ3n) is 5.74. The van der Waals surface area contributed by atoms with E-state index >= 15 is 0 Å². The van der Waals surface area contributed by atoms with E-state index in [2.05, 4.69) is 21.2 Å². The average molecular weight is 374 g/mol. The third kappa shape index (κ3) is 3.42. The van der Waals surface area contributed by atoms with Crippen LogP contribution < -0.4 is 0 Å². The predicted octanol–water partition coefficient (Wildman–Crippen LogP) is 3.64. The Bertz CT molecular complexity index is 953. The predicted molar refractivity (Wildman–Crippen MR) is 103 cm³/mol. The highest BCUT2D eigenvalue weighted by Crippen LogP contribution is 2.41. The van der Waals surface area contributed by atoms with Gasteiger partial charge in [-0.05, 0) is 30.4 Å². The van der Waals surface area contributed by atoms with Gasteiger partial charge in [-0.15, -0.1) is 0 Å². The number of aromatic nitrogens is 3. The number of likely N-dealkylation sites (tertiary alicyclic amines) is 1. The number of amides is 1. The number of benzene rings is 1. The van der Waals surface area contributed by atoms with Crippen LogP contribution in [0.1, 0.15) is 42.6 Å². The molecule has 2 atom stereocenters. The highest BCUT2D eigenvalue weighted by atomic mass is 16.5. The normalized spacial score (nSPS) is 21.8. The molecule has 2 aromatic heterocycles. The van der Waals surface area contributed by atoms with Gasteiger partial charge in [0.2, 0.25) is 17.6 Å². The first kappa shape index (κ1) is 17.1. The van der Waals surface area contributed by atoms with Crippen LogP contribution in [0.2, 0.25) is 0 Å². The van der Waals surface area contributed by atoms with Crippen LogP contribution >= 0.6 is 0 Å². The van der Waals surface area contributed by atoms with Gasteiger partial charge in [0.1, 0.15) is 0 Å². The van der Waals surface area contributed by atoms with Crippen LogP contribution in [0.3, 0.4) is 0 Å². The fourth-order valence-corrected chi connectivity index (χ4v) is 3.98. The smallest absolute Gasteiger partial charge is 0.232 e. The summed E-state index contributed by atoms with van der Waals surface area (Å²) in [4.78, 5) is 23.6. The Balaban J connectivity index is 1.43. The van der Waals surface area contributed by atoms with Gasteiger partial charge in [0.15, 0.2) is 0 Å². The highest BCUT2D eigenvalue weighted by Gasteiger charge is 2.41. The first-order valence-corrected chi connectivity index (χ1v) is 9.84. The summed E-state index contributed by atoms with van der Waals surface area (Å²) in [6, 6.07) is 13.8. The van der Waals surface area contributed by atoms with Gasteiger partial charge in [0, 0.05) is 43.4 Å². The Morgan fingerprint density at radius 2 is 1.89 bits per heavy atom. The maximum atomic E-state index is 12.7. The quantitative estimate of drug-likeness (QED) is 0.682. The van der Waals surface area contributed by atoms with Crippen LogP contribution in [0.25, 0.3) is 11.4 Å². The number of carbonyl (C=O) groups is 1. The number of rotatable bonds is 5. The van der Waals surface area contributed by atoms with Gasteiger partial charge in [-0.25, -0.2) is 0 Å². The number of hydrogen-bond donors (Lipinski definition) is 0. The van der Waals surface area contributed by atoms with E-state index in [1.54, 1.807) is 6.20 Å². The van der Waals surface area contributed by atoms with Crippen LogP contribution in [0.15, 0.2) is 59.4 Å². The Labute approximate surface area is 163 Å². The van der Waals surface area contributed by atoms with Crippen molar-refractivity contribution in [2.75, 3.05) is 13.1 Å². The number of pyridine rings is 1. The molecule has 0 radical (unpaired) electrons. The summed E-state index contributed by atoms with van der Waals surface area (Å²) in [7, 11) is 0. The topological polar surface area (TPSA) is 72.1 Å². The molecule has 1 saturated heterocycles. The molecule has 2 aliphatic rings. The summed E-state index contributed by atoms with van der Waals surface area (Å²) < 4.78 is 5.66. The summed E-state index contributed by atoms with van der Waals surface area (Å²) in [6.45, 7) is 1.28. The van der Waals surface area contributed by atoms with Crippen LogP contribution in [-0.2, 0) is 4.79 Å². The third-order valence-corrected chi connectivity index (χ3v) is 5.74. The molecule has 1 saturated carbocycles. The maximum Gasteiger partial charge on any atom is 0.232 e. The molecule has 0 spiro atoms. The molecule has 3 heterocycles. The molecule has 1 aliphatic heterocycles. The van der Waals surface area contributed by atoms with Crippen LogP contribution in [-0.4, -0.2) is 39.0 Å². The fraction of sp³-hybridized carbons (Fsp3) is 0.364. The van der Waals surface area contributed by atoms with Gasteiger partial charge in [-0.2, -0.15) is 4.98 Å². The molecular weight excluding hydrogens is 352 g/mol. The molecule has 0 N–H and O–H groups in total. The molecule has 1 aliphatic carbocycles. The first-order valence-electron chi connectivity index (χ1n) is 9.84. The second-order valence-corrected chi connectivity index (χ2v) is 7.77. The Kier molecular flexibility index (Phi) is 4.39. The molecule has 1 aromatic carbocycles. The molecule has 5 rings (SSSR count). The molecule has 3 aromatic rings. The zero-order chi connectivity index (χ0) is 18.9. The molecule has 0 unspecified atom stereocenters. The molecule has 2 fully saturated rings. The summed E-state index contributed by atoms with van der Waals surface area (Å²) in [5, 5.41) is 4.18. The average Bonchev–Trinajstić information content (AvgIpc) is 3.25. The van der Waals surface area contributed by atoms with E-state index in [9.17, 15) is 4.79 Å². The Hall–Kier alpha value is -3.02. The standard InChI is InChI=1S/C22H22N4O2/c27-20(11-15-8-9-15)26-13-18(17-7-4-10-23-12-17)19(14-26)22-24-21(25-28-22)16-5-2-1-3-6-16/h1-7,10,12,15,18-19H,8-9,11,13-14H2/t18-,19+/m0/s1. The van der Waals surface area contributed by atoms with Gasteiger partial charge < -0.3 is 9.42 Å². The maximum absolute atomic E-state index is 12.7. The van der Waals surface area contributed by atoms with Crippen LogP contribution in [0.4, 0.5) is 0 Å². The van der Waals surface area contributed by atoms with E-state index in [0.717, 1.165) is 11.1 Å². The van der Waals surface area contributed by atoms with Crippen molar-refractivity contribution < 1.29 is 9.32 Å². The minimum atomic E-state index is -0.0164. The Morgan fingerprint density at radius 1 is 1.07 bits per heavy atom. The van der Waals surface area contributed by atoms with E-state index in [0.29, 0.717) is 37.1 Å². The lowest BCUT2D eigenvalue weighted by atomic mass is 9.90. The molecule has 28 heavy (non-hydrogen) atoms. The zero-order valence-electron chi connectivity index (χ0n) is 15.6. The van der Waals surface area contributed by atoms with E-state index in [1.165, 1.54) is 12.8 Å². The minimum Gasteiger partial charge on any atom is -0.341 e. The highest BCUT2D eigenvalue weighted by molar-refractivity contribution is 5.77. The SMILES string of the molecule is O=C(CC1CC1)N1C[C@@H](c2cccnc2)[C@H](c2nc(-c3ccccc3)no2)C1. The molecule has 0 bridgehead atoms. The van der Waals surface area contributed by atoms with Gasteiger partial charge in [-0.3, -0.25) is 9.78 Å². The van der Waals surface area contributed by atoms with Crippen LogP contribution in [0.5, 0.6) is 0 Å². The van der Waals surface area contributed by atoms with Crippen molar-refractivity contribution in [1.29, 1.82) is 0 Å². The lowest BCUT2D eigenvalue weighted by molar-refractivity contribution is -0.130. The molecular formula is C22H22N4O2. The van der Waals surface area contributed by atoms with Crippen molar-refractivity contribution >= 4 is 5.91 Å². The van der Waals surface area contributed by atoms with Gasteiger partial charge in [0.25, 0.3) is 0 Å². The number of carbonyl (C=O) groups excluding carboxylic acids is 1. The summed E-state index contributed by atoms with van der Waals surface area (Å²) in [6.07, 6.45) is 6.66. The van der Waals surface area contributed by atoms with Crippen molar-refractivity contribution in [3.63, 3.8) is 0 Å². The summed E-state index contributed by atoms with van der Waals surface area (Å²) in [5.41, 5.74) is 2.03. The van der Waals surface area contributed by atoms with Crippen molar-refractivity contribution in [3.8, 4) is 11.4 Å². The van der Waals surface area contributed by atoms with E-state index in [4.69, 9.17) is 4.52 Å². The molecule has 142 valence electrons. The first-order chi connectivity index (χ1) is 13.8. The molecule has 6 heteroatoms.